The van der Waals surface area contributed by atoms with E-state index in [1.807, 2.05) is 18.5 Å². The van der Waals surface area contributed by atoms with Crippen molar-refractivity contribution in [3.63, 3.8) is 0 Å². The largest absolute Gasteiger partial charge is 0.416 e. The molecule has 0 radical (unpaired) electrons. The van der Waals surface area contributed by atoms with Crippen molar-refractivity contribution in [2.75, 3.05) is 6.54 Å². The van der Waals surface area contributed by atoms with E-state index in [0.29, 0.717) is 16.4 Å². The number of nitrogens with zero attached hydrogens (tertiary/aromatic N) is 2. The van der Waals surface area contributed by atoms with Crippen molar-refractivity contribution in [3.05, 3.63) is 69.5 Å². The van der Waals surface area contributed by atoms with Crippen LogP contribution in [0.1, 0.15) is 35.7 Å². The quantitative estimate of drug-likeness (QED) is 0.551. The van der Waals surface area contributed by atoms with E-state index >= 15 is 0 Å². The number of aryl methyl sites for hydroxylation is 2. The number of alkyl halides is 3. The molecule has 0 aliphatic heterocycles. The highest BCUT2D eigenvalue weighted by atomic mass is 35.5. The van der Waals surface area contributed by atoms with E-state index in [1.54, 1.807) is 6.20 Å². The summed E-state index contributed by atoms with van der Waals surface area (Å²) in [6.07, 6.45) is -1.03. The van der Waals surface area contributed by atoms with Crippen molar-refractivity contribution in [1.82, 2.24) is 15.1 Å². The van der Waals surface area contributed by atoms with Crippen LogP contribution in [-0.4, -0.2) is 33.1 Å². The van der Waals surface area contributed by atoms with Gasteiger partial charge < -0.3 is 11.1 Å². The lowest BCUT2D eigenvalue weighted by Crippen LogP contribution is -2.43. The number of amides is 1. The average molecular weight is 497 g/mol. The molecular formula is C23H24ClF3N4OS. The first-order valence-corrected chi connectivity index (χ1v) is 11.2. The van der Waals surface area contributed by atoms with Crippen LogP contribution in [-0.2, 0) is 23.9 Å². The number of benzene rings is 1. The number of nitrogens with one attached hydrogen (secondary N) is 1. The molecule has 5 nitrogen and oxygen atoms in total. The number of aromatic nitrogens is 2. The lowest BCUT2D eigenvalue weighted by Gasteiger charge is -2.23. The third kappa shape index (κ3) is 5.54. The second kappa shape index (κ2) is 10.2. The van der Waals surface area contributed by atoms with Gasteiger partial charge in [0, 0.05) is 41.0 Å². The predicted molar refractivity (Wildman–Crippen MR) is 127 cm³/mol. The molecule has 1 aromatic carbocycles. The molecule has 0 bridgehead atoms. The number of thiocarbonyl (C=S) groups is 1. The summed E-state index contributed by atoms with van der Waals surface area (Å²) in [6, 6.07) is 4.53. The second-order valence-corrected chi connectivity index (χ2v) is 8.64. The number of halogens is 4. The van der Waals surface area contributed by atoms with Crippen LogP contribution in [0.3, 0.4) is 0 Å². The third-order valence-electron chi connectivity index (χ3n) is 5.46. The number of nitrogens with two attached hydrogens (primary N) is 1. The number of carbonyl (C=O) groups is 1. The van der Waals surface area contributed by atoms with Gasteiger partial charge in [-0.2, -0.15) is 18.3 Å². The van der Waals surface area contributed by atoms with Crippen LogP contribution in [0, 0.1) is 6.92 Å². The summed E-state index contributed by atoms with van der Waals surface area (Å²) in [5, 5.41) is 7.41. The Morgan fingerprint density at radius 1 is 1.36 bits per heavy atom. The van der Waals surface area contributed by atoms with Crippen molar-refractivity contribution in [1.29, 1.82) is 0 Å². The molecule has 2 aromatic rings. The van der Waals surface area contributed by atoms with Crippen molar-refractivity contribution < 1.29 is 18.0 Å². The first kappa shape index (κ1) is 25.1. The molecular weight excluding hydrogens is 473 g/mol. The summed E-state index contributed by atoms with van der Waals surface area (Å²) in [4.78, 5) is 13.3. The molecule has 0 fully saturated rings. The number of rotatable bonds is 7. The molecule has 0 spiro atoms. The Balaban J connectivity index is 1.83. The minimum atomic E-state index is -4.49. The topological polar surface area (TPSA) is 72.9 Å². The zero-order valence-corrected chi connectivity index (χ0v) is 19.7. The van der Waals surface area contributed by atoms with Gasteiger partial charge >= 0.3 is 6.18 Å². The maximum atomic E-state index is 13.3. The van der Waals surface area contributed by atoms with Crippen LogP contribution in [0.5, 0.6) is 0 Å². The summed E-state index contributed by atoms with van der Waals surface area (Å²) in [6.45, 7) is 4.50. The number of carbonyl (C=O) groups excluding carboxylic acids is 1. The van der Waals surface area contributed by atoms with E-state index in [4.69, 9.17) is 29.6 Å². The van der Waals surface area contributed by atoms with Gasteiger partial charge in [0.1, 0.15) is 0 Å². The maximum Gasteiger partial charge on any atom is 0.416 e. The molecule has 1 atom stereocenters. The molecule has 0 saturated heterocycles. The summed E-state index contributed by atoms with van der Waals surface area (Å²) in [7, 11) is 0. The lowest BCUT2D eigenvalue weighted by atomic mass is 9.93. The molecule has 1 aromatic heterocycles. The van der Waals surface area contributed by atoms with E-state index < -0.39 is 23.7 Å². The van der Waals surface area contributed by atoms with Gasteiger partial charge in [0.05, 0.1) is 23.0 Å². The Kier molecular flexibility index (Phi) is 7.76. The minimum Gasteiger partial charge on any atom is -0.348 e. The zero-order valence-electron chi connectivity index (χ0n) is 18.2. The van der Waals surface area contributed by atoms with E-state index in [1.165, 1.54) is 24.3 Å². The Morgan fingerprint density at radius 2 is 2.06 bits per heavy atom. The highest BCUT2D eigenvalue weighted by Crippen LogP contribution is 2.35. The molecule has 0 unspecified atom stereocenters. The number of hydrogen-bond acceptors (Lipinski definition) is 4. The normalized spacial score (nSPS) is 15.5. The average Bonchev–Trinajstić information content (AvgIpc) is 3.14. The summed E-state index contributed by atoms with van der Waals surface area (Å²) < 4.78 is 41.8. The molecule has 1 aliphatic rings. The SMILES string of the molecule is CCn1ncc(C)c1C1=C(Cl)C=C(C(=O)N[C@H](CN)Cc2ccccc2C(F)(F)F)C(=S)C1. The Bertz CT molecular complexity index is 1140. The van der Waals surface area contributed by atoms with Crippen molar-refractivity contribution in [2.24, 2.45) is 5.73 Å². The van der Waals surface area contributed by atoms with Crippen LogP contribution in [0.2, 0.25) is 0 Å². The van der Waals surface area contributed by atoms with Crippen LogP contribution < -0.4 is 11.1 Å². The molecule has 1 aliphatic carbocycles. The van der Waals surface area contributed by atoms with Crippen LogP contribution >= 0.6 is 23.8 Å². The highest BCUT2D eigenvalue weighted by molar-refractivity contribution is 7.81. The standard InChI is InChI=1S/C23H24ClF3N4OS/c1-3-31-21(13(2)12-29-31)16-10-20(33)17(9-19(16)24)22(32)30-15(11-28)8-14-6-4-5-7-18(14)23(25,26)27/h4-7,9,12,15H,3,8,10-11,28H2,1-2H3,(H,30,32)/t15-/m0/s1. The van der Waals surface area contributed by atoms with Gasteiger partial charge in [-0.05, 0) is 43.5 Å². The summed E-state index contributed by atoms with van der Waals surface area (Å²) >= 11 is 12.0. The Morgan fingerprint density at radius 3 is 2.70 bits per heavy atom. The van der Waals surface area contributed by atoms with Gasteiger partial charge in [-0.15, -0.1) is 0 Å². The van der Waals surface area contributed by atoms with Crippen molar-refractivity contribution in [2.45, 2.75) is 45.5 Å². The van der Waals surface area contributed by atoms with E-state index in [9.17, 15) is 18.0 Å². The molecule has 3 N–H and O–H groups in total. The highest BCUT2D eigenvalue weighted by Gasteiger charge is 2.33. The third-order valence-corrected chi connectivity index (χ3v) is 6.16. The van der Waals surface area contributed by atoms with Crippen molar-refractivity contribution >= 4 is 40.2 Å². The number of allylic oxidation sites excluding steroid dienone is 3. The van der Waals surface area contributed by atoms with E-state index in [-0.39, 0.29) is 30.5 Å². The van der Waals surface area contributed by atoms with Gasteiger partial charge in [-0.3, -0.25) is 9.48 Å². The van der Waals surface area contributed by atoms with Gasteiger partial charge in [0.25, 0.3) is 5.91 Å². The van der Waals surface area contributed by atoms with E-state index in [2.05, 4.69) is 10.4 Å². The monoisotopic (exact) mass is 496 g/mol. The van der Waals surface area contributed by atoms with Crippen molar-refractivity contribution in [3.8, 4) is 0 Å². The lowest BCUT2D eigenvalue weighted by molar-refractivity contribution is -0.138. The maximum absolute atomic E-state index is 13.3. The Hall–Kier alpha value is -2.49. The molecule has 0 saturated carbocycles. The first-order valence-electron chi connectivity index (χ1n) is 10.4. The molecule has 10 heteroatoms. The fraction of sp³-hybridized carbons (Fsp3) is 0.348. The predicted octanol–water partition coefficient (Wildman–Crippen LogP) is 4.57. The fourth-order valence-electron chi connectivity index (χ4n) is 3.83. The van der Waals surface area contributed by atoms with Gasteiger partial charge in [-0.25, -0.2) is 0 Å². The first-order chi connectivity index (χ1) is 15.6. The molecule has 1 amide bonds. The molecule has 176 valence electrons. The molecule has 3 rings (SSSR count). The molecule has 33 heavy (non-hydrogen) atoms. The Labute approximate surface area is 200 Å². The number of hydrogen-bond donors (Lipinski definition) is 2. The molecule has 1 heterocycles. The van der Waals surface area contributed by atoms with Crippen LogP contribution in [0.25, 0.3) is 5.57 Å². The minimum absolute atomic E-state index is 0.0400. The van der Waals surface area contributed by atoms with Crippen LogP contribution in [0.4, 0.5) is 13.2 Å². The van der Waals surface area contributed by atoms with Gasteiger partial charge in [0.15, 0.2) is 0 Å². The van der Waals surface area contributed by atoms with E-state index in [0.717, 1.165) is 22.9 Å². The smallest absolute Gasteiger partial charge is 0.348 e. The summed E-state index contributed by atoms with van der Waals surface area (Å²) in [5.41, 5.74) is 7.88. The van der Waals surface area contributed by atoms with Gasteiger partial charge in [0.2, 0.25) is 0 Å². The summed E-state index contributed by atoms with van der Waals surface area (Å²) in [5.74, 6) is -0.516. The fourth-order valence-corrected chi connectivity index (χ4v) is 4.39. The van der Waals surface area contributed by atoms with Crippen LogP contribution in [0.15, 0.2) is 47.1 Å². The second-order valence-electron chi connectivity index (χ2n) is 7.74. The zero-order chi connectivity index (χ0) is 24.3. The van der Waals surface area contributed by atoms with Gasteiger partial charge in [-0.1, -0.05) is 42.0 Å².